The van der Waals surface area contributed by atoms with Gasteiger partial charge in [-0.2, -0.15) is 28.6 Å². The number of aryl methyl sites for hydroxylation is 5. The van der Waals surface area contributed by atoms with Gasteiger partial charge in [-0.25, -0.2) is 14.4 Å². The second kappa shape index (κ2) is 33.8. The van der Waals surface area contributed by atoms with E-state index >= 15 is 0 Å². The summed E-state index contributed by atoms with van der Waals surface area (Å²) >= 11 is 0. The van der Waals surface area contributed by atoms with E-state index in [-0.39, 0.29) is 55.8 Å². The van der Waals surface area contributed by atoms with Crippen LogP contribution < -0.4 is 23.7 Å². The van der Waals surface area contributed by atoms with Crippen LogP contribution in [-0.2, 0) is 47.4 Å². The number of hydrogen-bond donors (Lipinski definition) is 1. The lowest BCUT2D eigenvalue weighted by molar-refractivity contribution is -0.153. The average Bonchev–Trinajstić information content (AvgIpc) is 1.52. The van der Waals surface area contributed by atoms with Crippen LogP contribution in [0.25, 0.3) is 45.3 Å². The number of phenols is 1. The SMILES string of the molecule is Cc1cc(C(=O)N2CCC3(CC2)Oc2cc(F)ccc2-n2cccc23)ccc1OCC1CCCO1.Cc1cc(C(=O)N2CCC3(CC2)Oc2ccccc2-n2c(C#N)ccc23)ccc1O.Cc1cnc(C(=O)N2CCC3(CC2)Oc2ccccc2-c2c3cnn2C)cn1.Cn1ncc2c1-c1ccccc1OC21CCN(C(=O)c2nc(-c3ccccc3)oc2C(F)(F)F)CC1.[HH]. The molecule has 660 valence electrons. The highest BCUT2D eigenvalue weighted by Crippen LogP contribution is 2.54. The first-order valence-corrected chi connectivity index (χ1v) is 43.3. The van der Waals surface area contributed by atoms with Crippen molar-refractivity contribution >= 4 is 23.6 Å². The second-order valence-electron chi connectivity index (χ2n) is 34.0. The van der Waals surface area contributed by atoms with Crippen LogP contribution in [0.15, 0.2) is 217 Å². The zero-order valence-electron chi connectivity index (χ0n) is 71.6. The molecule has 0 aliphatic carbocycles. The topological polar surface area (TPSA) is 278 Å². The molecule has 5 fully saturated rings. The number of ether oxygens (including phenoxy) is 6. The molecule has 1 atom stereocenters. The van der Waals surface area contributed by atoms with Gasteiger partial charge in [0.1, 0.15) is 75.6 Å². The molecule has 6 aromatic heterocycles. The fourth-order valence-electron chi connectivity index (χ4n) is 19.3. The number of nitrogens with zero attached hydrogens (tertiary/aromatic N) is 14. The number of oxazole rings is 1. The minimum Gasteiger partial charge on any atom is -0.508 e. The number of hydrogen-bond acceptors (Lipinski definition) is 18. The summed E-state index contributed by atoms with van der Waals surface area (Å²) in [6.45, 7) is 10.8. The molecule has 9 aliphatic rings. The maximum absolute atomic E-state index is 13.9. The molecule has 13 aromatic rings. The third-order valence-corrected chi connectivity index (χ3v) is 26.2. The van der Waals surface area contributed by atoms with Crippen LogP contribution >= 0.6 is 0 Å². The monoisotopic (exact) mass is 1750 g/mol. The van der Waals surface area contributed by atoms with Gasteiger partial charge in [-0.15, -0.1) is 0 Å². The largest absolute Gasteiger partial charge is 0.508 e. The lowest BCUT2D eigenvalue weighted by Gasteiger charge is -2.45. The third-order valence-electron chi connectivity index (χ3n) is 26.2. The molecule has 129 heavy (non-hydrogen) atoms. The standard InChI is InChI=1S/C28H29FN2O4.C26H21F3N4O3.C24H21N3O3.C21H21N5O2.H2/c1-19-16-20(6-9-24(19)34-18-22-4-3-15-33-22)27(32)30-13-10-28(11-14-30)26-5-2-12-31(26)23-8-7-21(29)17-25(23)35-28;1-32-21-17-9-5-6-10-19(17)36-25(18(21)15-30-32)11-13-33(14-12-25)24(34)20-22(26(27,28)29)35-23(31-20)16-7-3-2-4-8-16;1-16-14-17(6-8-20(16)28)23(29)26-12-10-24(11-13-26)22-9-7-18(15-25)27(22)19-4-2-3-5-21(19)30-24;1-14-11-23-17(13-22-14)20(27)26-9-7-21(8-10-26)16-12-24-25(2)19(16)15-5-3-4-6-18(15)28-21;/h2,5-9,12,16-17,22H,3-4,10-11,13-15,18H2,1H3;2-10,15H,11-14H2,1H3;2-9,14,28H,10-13H2,1H3;3-6,11-13H,7-10H2,1-2H3;1H. The van der Waals surface area contributed by atoms with Crippen LogP contribution in [0, 0.1) is 37.9 Å². The molecule has 9 aliphatic heterocycles. The van der Waals surface area contributed by atoms with Gasteiger partial charge in [-0.1, -0.05) is 54.6 Å². The fraction of sp³-hybridized carbons (Fsp3) is 0.313. The zero-order valence-corrected chi connectivity index (χ0v) is 71.6. The molecule has 7 aromatic carbocycles. The van der Waals surface area contributed by atoms with Crippen LogP contribution in [0.5, 0.6) is 34.5 Å². The van der Waals surface area contributed by atoms with E-state index in [0.717, 1.165) is 110 Å². The highest BCUT2D eigenvalue weighted by atomic mass is 19.4. The quantitative estimate of drug-likeness (QED) is 0.138. The number of rotatable bonds is 8. The normalized spacial score (nSPS) is 17.6. The molecular formula is C99H94F4N14O12. The number of aromatic hydroxyl groups is 1. The summed E-state index contributed by atoms with van der Waals surface area (Å²) in [7, 11) is 3.82. The van der Waals surface area contributed by atoms with Crippen molar-refractivity contribution in [2.45, 2.75) is 120 Å². The van der Waals surface area contributed by atoms with Crippen molar-refractivity contribution in [1.82, 2.24) is 63.2 Å². The number of alkyl halides is 3. The average molecular weight is 1750 g/mol. The molecule has 5 saturated heterocycles. The first-order valence-electron chi connectivity index (χ1n) is 43.3. The molecule has 0 radical (unpaired) electrons. The van der Waals surface area contributed by atoms with E-state index in [9.17, 15) is 47.1 Å². The van der Waals surface area contributed by atoms with Gasteiger partial charge < -0.3 is 62.1 Å². The molecule has 0 bridgehead atoms. The Kier molecular flexibility index (Phi) is 22.0. The minimum absolute atomic E-state index is 0. The summed E-state index contributed by atoms with van der Waals surface area (Å²) in [6, 6.07) is 57.0. The third kappa shape index (κ3) is 15.7. The van der Waals surface area contributed by atoms with Gasteiger partial charge in [0.05, 0.1) is 64.5 Å². The second-order valence-corrected chi connectivity index (χ2v) is 34.0. The molecule has 22 rings (SSSR count). The minimum atomic E-state index is -4.86. The Bertz CT molecular complexity index is 6520. The first-order chi connectivity index (χ1) is 62.4. The zero-order chi connectivity index (χ0) is 89.3. The number of nitriles is 1. The highest BCUT2D eigenvalue weighted by molar-refractivity contribution is 5.96. The van der Waals surface area contributed by atoms with Crippen LogP contribution in [0.1, 0.15) is 158 Å². The number of carbonyl (C=O) groups is 4. The van der Waals surface area contributed by atoms with Gasteiger partial charge in [0.15, 0.2) is 16.9 Å². The van der Waals surface area contributed by atoms with Gasteiger partial charge in [-0.05, 0) is 166 Å². The number of phenolic OH excluding ortho intramolecular Hbond substituents is 1. The fourth-order valence-corrected chi connectivity index (χ4v) is 19.3. The maximum atomic E-state index is 13.9. The van der Waals surface area contributed by atoms with E-state index in [1.807, 2.05) is 167 Å². The van der Waals surface area contributed by atoms with Crippen molar-refractivity contribution < 1.29 is 76.1 Å². The van der Waals surface area contributed by atoms with Gasteiger partial charge in [0, 0.05) is 183 Å². The lowest BCUT2D eigenvalue weighted by Crippen LogP contribution is -2.50. The van der Waals surface area contributed by atoms with Crippen LogP contribution in [-0.4, -0.2) is 164 Å². The Balaban J connectivity index is 0.000000117. The summed E-state index contributed by atoms with van der Waals surface area (Å²) < 4.78 is 106. The Hall–Kier alpha value is -14.3. The lowest BCUT2D eigenvalue weighted by atomic mass is 9.81. The maximum Gasteiger partial charge on any atom is 0.452 e. The Morgan fingerprint density at radius 1 is 0.550 bits per heavy atom. The molecule has 4 amide bonds. The Morgan fingerprint density at radius 2 is 1.09 bits per heavy atom. The number of aromatic nitrogens is 9. The summed E-state index contributed by atoms with van der Waals surface area (Å²) in [6.07, 6.45) is 11.0. The highest BCUT2D eigenvalue weighted by Gasteiger charge is 2.52. The van der Waals surface area contributed by atoms with Crippen molar-refractivity contribution in [2.75, 3.05) is 65.6 Å². The van der Waals surface area contributed by atoms with Crippen molar-refractivity contribution in [3.05, 3.63) is 292 Å². The smallest absolute Gasteiger partial charge is 0.452 e. The number of fused-ring (bicyclic) bond motifs is 16. The predicted octanol–water partition coefficient (Wildman–Crippen LogP) is 17.1. The summed E-state index contributed by atoms with van der Waals surface area (Å²) in [5.74, 6) is 0.995. The van der Waals surface area contributed by atoms with E-state index in [1.165, 1.54) is 17.0 Å². The molecule has 15 heterocycles. The molecule has 1 unspecified atom stereocenters. The summed E-state index contributed by atoms with van der Waals surface area (Å²) in [5, 5.41) is 28.2. The van der Waals surface area contributed by atoms with Gasteiger partial charge in [-0.3, -0.25) is 38.1 Å². The molecule has 1 N–H and O–H groups in total. The number of benzene rings is 7. The molecule has 0 saturated carbocycles. The van der Waals surface area contributed by atoms with E-state index in [4.69, 9.17) is 32.8 Å². The van der Waals surface area contributed by atoms with E-state index in [1.54, 1.807) is 84.8 Å². The first kappa shape index (κ1) is 84.2. The molecule has 4 spiro atoms. The van der Waals surface area contributed by atoms with E-state index < -0.39 is 45.9 Å². The Morgan fingerprint density at radius 3 is 1.67 bits per heavy atom. The predicted molar refractivity (Wildman–Crippen MR) is 468 cm³/mol. The summed E-state index contributed by atoms with van der Waals surface area (Å²) in [5.41, 5.74) is 11.7. The van der Waals surface area contributed by atoms with Crippen molar-refractivity contribution in [3.63, 3.8) is 0 Å². The number of carbonyl (C=O) groups excluding carboxylic acids is 4. The summed E-state index contributed by atoms with van der Waals surface area (Å²) in [4.78, 5) is 71.7. The molecule has 26 nitrogen and oxygen atoms in total. The van der Waals surface area contributed by atoms with Crippen LogP contribution in [0.4, 0.5) is 17.6 Å². The number of amides is 4. The van der Waals surface area contributed by atoms with Crippen molar-refractivity contribution in [3.8, 4) is 85.9 Å². The number of halogens is 4. The molecular weight excluding hydrogens is 1650 g/mol. The van der Waals surface area contributed by atoms with Crippen molar-refractivity contribution in [1.29, 1.82) is 5.26 Å². The number of likely N-dealkylation sites (tertiary alicyclic amines) is 4. The van der Waals surface area contributed by atoms with Crippen LogP contribution in [0.3, 0.4) is 0 Å². The number of piperidine rings is 4. The Labute approximate surface area is 741 Å². The molecule has 30 heteroatoms. The van der Waals surface area contributed by atoms with Crippen LogP contribution in [0.2, 0.25) is 0 Å². The van der Waals surface area contributed by atoms with Gasteiger partial charge in [0.25, 0.3) is 23.6 Å². The number of para-hydroxylation sites is 4. The van der Waals surface area contributed by atoms with Gasteiger partial charge in [0.2, 0.25) is 11.7 Å². The van der Waals surface area contributed by atoms with Gasteiger partial charge >= 0.3 is 6.18 Å². The van der Waals surface area contributed by atoms with E-state index in [0.29, 0.717) is 137 Å². The van der Waals surface area contributed by atoms with E-state index in [2.05, 4.69) is 47.9 Å². The van der Waals surface area contributed by atoms with Crippen molar-refractivity contribution in [2.24, 2.45) is 14.1 Å².